The number of nitrogens with zero attached hydrogens (tertiary/aromatic N) is 2. The number of hydrogen-bond acceptors (Lipinski definition) is 1. The van der Waals surface area contributed by atoms with Gasteiger partial charge in [0.05, 0.1) is 11.4 Å². The second kappa shape index (κ2) is 5.70. The first kappa shape index (κ1) is 13.3. The van der Waals surface area contributed by atoms with Gasteiger partial charge in [0, 0.05) is 5.69 Å². The van der Waals surface area contributed by atoms with E-state index in [4.69, 9.17) is 0 Å². The molecule has 1 aromatic heterocycles. The standard InChI is InChI=1S/C17H20N2/c1-5-7-8-17-13(3)18-14(4)19(17)16-11-9-15(6-2)10-12-16/h5,7-12H,1,6H2,2-4H3/b8-7-. The molecule has 1 aromatic carbocycles. The quantitative estimate of drug-likeness (QED) is 0.744. The third-order valence-electron chi connectivity index (χ3n) is 3.26. The Morgan fingerprint density at radius 1 is 1.21 bits per heavy atom. The minimum Gasteiger partial charge on any atom is -0.297 e. The molecule has 0 saturated carbocycles. The number of aryl methyl sites for hydroxylation is 3. The van der Waals surface area contributed by atoms with Crippen molar-refractivity contribution in [1.82, 2.24) is 9.55 Å². The summed E-state index contributed by atoms with van der Waals surface area (Å²) in [6.07, 6.45) is 6.84. The van der Waals surface area contributed by atoms with Crippen LogP contribution in [0, 0.1) is 13.8 Å². The van der Waals surface area contributed by atoms with Gasteiger partial charge in [-0.15, -0.1) is 0 Å². The van der Waals surface area contributed by atoms with E-state index in [1.54, 1.807) is 6.08 Å². The molecule has 2 nitrogen and oxygen atoms in total. The molecule has 0 amide bonds. The van der Waals surface area contributed by atoms with Gasteiger partial charge in [-0.2, -0.15) is 0 Å². The van der Waals surface area contributed by atoms with Crippen LogP contribution in [-0.4, -0.2) is 9.55 Å². The maximum Gasteiger partial charge on any atom is 0.110 e. The zero-order chi connectivity index (χ0) is 13.8. The van der Waals surface area contributed by atoms with Gasteiger partial charge in [-0.1, -0.05) is 37.8 Å². The van der Waals surface area contributed by atoms with Crippen LogP contribution in [0.4, 0.5) is 0 Å². The average molecular weight is 252 g/mol. The van der Waals surface area contributed by atoms with Crippen molar-refractivity contribution in [3.63, 3.8) is 0 Å². The van der Waals surface area contributed by atoms with E-state index in [2.05, 4.69) is 53.4 Å². The highest BCUT2D eigenvalue weighted by molar-refractivity contribution is 5.54. The van der Waals surface area contributed by atoms with Crippen LogP contribution >= 0.6 is 0 Å². The fourth-order valence-electron chi connectivity index (χ4n) is 2.25. The van der Waals surface area contributed by atoms with Crippen LogP contribution < -0.4 is 0 Å². The highest BCUT2D eigenvalue weighted by atomic mass is 15.1. The van der Waals surface area contributed by atoms with E-state index >= 15 is 0 Å². The number of benzene rings is 1. The summed E-state index contributed by atoms with van der Waals surface area (Å²) in [5.74, 6) is 1.01. The fourth-order valence-corrected chi connectivity index (χ4v) is 2.25. The van der Waals surface area contributed by atoms with Gasteiger partial charge < -0.3 is 0 Å². The molecule has 0 N–H and O–H groups in total. The lowest BCUT2D eigenvalue weighted by atomic mass is 10.1. The zero-order valence-corrected chi connectivity index (χ0v) is 11.9. The van der Waals surface area contributed by atoms with Crippen molar-refractivity contribution in [2.45, 2.75) is 27.2 Å². The zero-order valence-electron chi connectivity index (χ0n) is 11.9. The maximum absolute atomic E-state index is 4.56. The molecule has 0 spiro atoms. The third-order valence-corrected chi connectivity index (χ3v) is 3.26. The van der Waals surface area contributed by atoms with Gasteiger partial charge in [0.2, 0.25) is 0 Å². The first-order valence-corrected chi connectivity index (χ1v) is 6.61. The summed E-state index contributed by atoms with van der Waals surface area (Å²) in [5.41, 5.74) is 4.65. The van der Waals surface area contributed by atoms with Crippen LogP contribution in [0.3, 0.4) is 0 Å². The molecule has 2 aromatic rings. The lowest BCUT2D eigenvalue weighted by Gasteiger charge is -2.09. The van der Waals surface area contributed by atoms with Crippen molar-refractivity contribution in [3.05, 3.63) is 65.8 Å². The summed E-state index contributed by atoms with van der Waals surface area (Å²) >= 11 is 0. The van der Waals surface area contributed by atoms with Crippen molar-refractivity contribution >= 4 is 6.08 Å². The van der Waals surface area contributed by atoms with E-state index in [9.17, 15) is 0 Å². The Labute approximate surface area is 115 Å². The molecule has 0 radical (unpaired) electrons. The number of imidazole rings is 1. The highest BCUT2D eigenvalue weighted by Gasteiger charge is 2.10. The van der Waals surface area contributed by atoms with Gasteiger partial charge in [0.15, 0.2) is 0 Å². The average Bonchev–Trinajstić information content (AvgIpc) is 2.71. The van der Waals surface area contributed by atoms with E-state index in [1.165, 1.54) is 5.56 Å². The van der Waals surface area contributed by atoms with Crippen LogP contribution in [0.1, 0.15) is 29.7 Å². The van der Waals surface area contributed by atoms with E-state index in [1.807, 2.05) is 19.9 Å². The van der Waals surface area contributed by atoms with E-state index in [0.29, 0.717) is 0 Å². The summed E-state index contributed by atoms with van der Waals surface area (Å²) in [7, 11) is 0. The predicted octanol–water partition coefficient (Wildman–Crippen LogP) is 4.25. The molecule has 19 heavy (non-hydrogen) atoms. The Balaban J connectivity index is 2.53. The summed E-state index contributed by atoms with van der Waals surface area (Å²) in [6, 6.07) is 8.65. The molecule has 2 rings (SSSR count). The molecule has 0 aliphatic rings. The number of allylic oxidation sites excluding steroid dienone is 2. The third kappa shape index (κ3) is 2.68. The van der Waals surface area contributed by atoms with Gasteiger partial charge in [0.25, 0.3) is 0 Å². The minimum absolute atomic E-state index is 1.01. The van der Waals surface area contributed by atoms with Gasteiger partial charge >= 0.3 is 0 Å². The van der Waals surface area contributed by atoms with Crippen LogP contribution in [0.15, 0.2) is 43.0 Å². The second-order valence-corrected chi connectivity index (χ2v) is 4.58. The summed E-state index contributed by atoms with van der Waals surface area (Å²) < 4.78 is 2.18. The topological polar surface area (TPSA) is 17.8 Å². The van der Waals surface area contributed by atoms with Crippen LogP contribution in [0.2, 0.25) is 0 Å². The molecule has 0 aliphatic carbocycles. The van der Waals surface area contributed by atoms with Crippen molar-refractivity contribution < 1.29 is 0 Å². The van der Waals surface area contributed by atoms with Crippen LogP contribution in [-0.2, 0) is 6.42 Å². The number of aromatic nitrogens is 2. The van der Waals surface area contributed by atoms with Crippen LogP contribution in [0.25, 0.3) is 11.8 Å². The highest BCUT2D eigenvalue weighted by Crippen LogP contribution is 2.20. The Hall–Kier alpha value is -2.09. The molecule has 0 bridgehead atoms. The fraction of sp³-hybridized carbons (Fsp3) is 0.235. The smallest absolute Gasteiger partial charge is 0.110 e. The first-order valence-electron chi connectivity index (χ1n) is 6.61. The molecular weight excluding hydrogens is 232 g/mol. The number of rotatable bonds is 4. The second-order valence-electron chi connectivity index (χ2n) is 4.58. The molecule has 0 saturated heterocycles. The molecule has 0 aliphatic heterocycles. The maximum atomic E-state index is 4.56. The van der Waals surface area contributed by atoms with Crippen molar-refractivity contribution in [3.8, 4) is 5.69 Å². The van der Waals surface area contributed by atoms with Gasteiger partial charge in [-0.3, -0.25) is 4.57 Å². The van der Waals surface area contributed by atoms with E-state index in [0.717, 1.165) is 29.3 Å². The molecule has 0 unspecified atom stereocenters. The summed E-state index contributed by atoms with van der Waals surface area (Å²) in [6.45, 7) is 9.96. The Bertz CT molecular complexity index is 601. The molecule has 0 atom stereocenters. The van der Waals surface area contributed by atoms with E-state index in [-0.39, 0.29) is 0 Å². The Morgan fingerprint density at radius 3 is 2.47 bits per heavy atom. The summed E-state index contributed by atoms with van der Waals surface area (Å²) in [5, 5.41) is 0. The van der Waals surface area contributed by atoms with Crippen molar-refractivity contribution in [2.24, 2.45) is 0 Å². The molecule has 98 valence electrons. The Kier molecular flexibility index (Phi) is 4.00. The van der Waals surface area contributed by atoms with Gasteiger partial charge in [0.1, 0.15) is 5.82 Å². The first-order chi connectivity index (χ1) is 9.17. The molecule has 0 fully saturated rings. The van der Waals surface area contributed by atoms with Crippen LogP contribution in [0.5, 0.6) is 0 Å². The van der Waals surface area contributed by atoms with E-state index < -0.39 is 0 Å². The molecule has 2 heteroatoms. The lowest BCUT2D eigenvalue weighted by molar-refractivity contribution is 0.963. The van der Waals surface area contributed by atoms with Gasteiger partial charge in [-0.05, 0) is 44.0 Å². The SMILES string of the molecule is C=C/C=C\c1c(C)nc(C)n1-c1ccc(CC)cc1. The largest absolute Gasteiger partial charge is 0.297 e. The van der Waals surface area contributed by atoms with Crippen molar-refractivity contribution in [2.75, 3.05) is 0 Å². The minimum atomic E-state index is 1.01. The molecule has 1 heterocycles. The van der Waals surface area contributed by atoms with Crippen molar-refractivity contribution in [1.29, 1.82) is 0 Å². The lowest BCUT2D eigenvalue weighted by Crippen LogP contribution is -1.99. The normalized spacial score (nSPS) is 11.1. The van der Waals surface area contributed by atoms with Gasteiger partial charge in [-0.25, -0.2) is 4.98 Å². The Morgan fingerprint density at radius 2 is 1.89 bits per heavy atom. The summed E-state index contributed by atoms with van der Waals surface area (Å²) in [4.78, 5) is 4.56. The molecular formula is C17H20N2. The predicted molar refractivity (Wildman–Crippen MR) is 81.6 cm³/mol. The number of hydrogen-bond donors (Lipinski definition) is 0. The monoisotopic (exact) mass is 252 g/mol.